The van der Waals surface area contributed by atoms with Crippen LogP contribution >= 0.6 is 0 Å². The zero-order valence-corrected chi connectivity index (χ0v) is 15.3. The summed E-state index contributed by atoms with van der Waals surface area (Å²) in [6.07, 6.45) is 1.60. The van der Waals surface area contributed by atoms with Gasteiger partial charge in [-0.1, -0.05) is 17.3 Å². The molecule has 27 heavy (non-hydrogen) atoms. The number of nitrogens with zero attached hydrogens (tertiary/aromatic N) is 2. The maximum Gasteiger partial charge on any atom is 0.256 e. The van der Waals surface area contributed by atoms with E-state index in [1.54, 1.807) is 69.4 Å². The predicted octanol–water partition coefficient (Wildman–Crippen LogP) is 3.68. The molecule has 1 atom stereocenters. The van der Waals surface area contributed by atoms with Crippen LogP contribution in [0.25, 0.3) is 0 Å². The Morgan fingerprint density at radius 3 is 2.56 bits per heavy atom. The molecule has 3 aromatic rings. The van der Waals surface area contributed by atoms with Crippen LogP contribution in [0.1, 0.15) is 40.2 Å². The Hall–Kier alpha value is -3.48. The van der Waals surface area contributed by atoms with Gasteiger partial charge in [0.2, 0.25) is 5.91 Å². The summed E-state index contributed by atoms with van der Waals surface area (Å²) in [6.45, 7) is 5.37. The van der Waals surface area contributed by atoms with Crippen molar-refractivity contribution < 1.29 is 14.1 Å². The van der Waals surface area contributed by atoms with Crippen LogP contribution in [0.5, 0.6) is 0 Å². The number of rotatable bonds is 5. The number of aryl methyl sites for hydroxylation is 2. The van der Waals surface area contributed by atoms with Gasteiger partial charge in [0.25, 0.3) is 5.91 Å². The maximum atomic E-state index is 12.6. The molecule has 0 aliphatic rings. The van der Waals surface area contributed by atoms with Gasteiger partial charge in [0.05, 0.1) is 11.6 Å². The van der Waals surface area contributed by atoms with Crippen molar-refractivity contribution in [2.24, 2.45) is 0 Å². The van der Waals surface area contributed by atoms with E-state index >= 15 is 0 Å². The van der Waals surface area contributed by atoms with Crippen LogP contribution in [-0.2, 0) is 4.79 Å². The Balaban J connectivity index is 1.72. The summed E-state index contributed by atoms with van der Waals surface area (Å²) in [5.74, 6) is 0.153. The summed E-state index contributed by atoms with van der Waals surface area (Å²) in [7, 11) is 0. The van der Waals surface area contributed by atoms with Gasteiger partial charge in [0.1, 0.15) is 11.6 Å². The smallest absolute Gasteiger partial charge is 0.256 e. The molecule has 3 rings (SSSR count). The van der Waals surface area contributed by atoms with E-state index in [4.69, 9.17) is 4.52 Å². The monoisotopic (exact) mass is 364 g/mol. The first-order chi connectivity index (χ1) is 13.0. The molecule has 0 fully saturated rings. The van der Waals surface area contributed by atoms with Gasteiger partial charge >= 0.3 is 0 Å². The fourth-order valence-corrected chi connectivity index (χ4v) is 2.85. The number of benzene rings is 1. The lowest BCUT2D eigenvalue weighted by Gasteiger charge is -2.13. The molecular weight excluding hydrogens is 344 g/mol. The van der Waals surface area contributed by atoms with E-state index < -0.39 is 5.92 Å². The summed E-state index contributed by atoms with van der Waals surface area (Å²) in [4.78, 5) is 29.0. The second-order valence-corrected chi connectivity index (χ2v) is 6.20. The van der Waals surface area contributed by atoms with E-state index in [0.29, 0.717) is 28.5 Å². The molecule has 0 saturated carbocycles. The molecule has 0 spiro atoms. The van der Waals surface area contributed by atoms with E-state index in [0.717, 1.165) is 5.56 Å². The van der Waals surface area contributed by atoms with Gasteiger partial charge in [-0.3, -0.25) is 9.59 Å². The molecule has 138 valence electrons. The van der Waals surface area contributed by atoms with Gasteiger partial charge in [0.15, 0.2) is 0 Å². The quantitative estimate of drug-likeness (QED) is 0.720. The lowest BCUT2D eigenvalue weighted by Crippen LogP contribution is -2.20. The Morgan fingerprint density at radius 1 is 1.07 bits per heavy atom. The molecule has 0 aliphatic heterocycles. The number of pyridine rings is 1. The molecule has 0 radical (unpaired) electrons. The van der Waals surface area contributed by atoms with Crippen molar-refractivity contribution >= 4 is 23.3 Å². The number of carbonyl (C=O) groups excluding carboxylic acids is 2. The van der Waals surface area contributed by atoms with Crippen LogP contribution in [0, 0.1) is 13.8 Å². The number of anilines is 2. The Kier molecular flexibility index (Phi) is 5.30. The average molecular weight is 364 g/mol. The van der Waals surface area contributed by atoms with Crippen molar-refractivity contribution in [1.29, 1.82) is 0 Å². The lowest BCUT2D eigenvalue weighted by molar-refractivity contribution is -0.117. The van der Waals surface area contributed by atoms with Gasteiger partial charge in [-0.25, -0.2) is 4.98 Å². The number of amides is 2. The van der Waals surface area contributed by atoms with E-state index in [9.17, 15) is 9.59 Å². The minimum absolute atomic E-state index is 0.202. The first-order valence-corrected chi connectivity index (χ1v) is 8.52. The standard InChI is InChI=1S/C20H20N4O3/c1-12(18-13(2)24-27-14(18)3)19(25)22-16-8-6-7-15(11-16)20(26)23-17-9-4-5-10-21-17/h4-12H,1-3H3,(H,22,25)(H,21,23,26)/t12-/m0/s1. The van der Waals surface area contributed by atoms with Gasteiger partial charge < -0.3 is 15.2 Å². The summed E-state index contributed by atoms with van der Waals surface area (Å²) in [5, 5.41) is 9.44. The van der Waals surface area contributed by atoms with E-state index in [1.165, 1.54) is 0 Å². The second-order valence-electron chi connectivity index (χ2n) is 6.20. The van der Waals surface area contributed by atoms with Crippen molar-refractivity contribution in [2.75, 3.05) is 10.6 Å². The highest BCUT2D eigenvalue weighted by atomic mass is 16.5. The van der Waals surface area contributed by atoms with Crippen molar-refractivity contribution in [1.82, 2.24) is 10.1 Å². The second kappa shape index (κ2) is 7.82. The molecule has 2 heterocycles. The lowest BCUT2D eigenvalue weighted by atomic mass is 9.98. The summed E-state index contributed by atoms with van der Waals surface area (Å²) in [5.41, 5.74) is 2.42. The van der Waals surface area contributed by atoms with Gasteiger partial charge in [-0.05, 0) is 51.1 Å². The first kappa shape index (κ1) is 18.3. The molecule has 1 aromatic carbocycles. The van der Waals surface area contributed by atoms with Crippen molar-refractivity contribution in [3.8, 4) is 0 Å². The number of carbonyl (C=O) groups is 2. The van der Waals surface area contributed by atoms with Crippen LogP contribution in [0.15, 0.2) is 53.2 Å². The van der Waals surface area contributed by atoms with Crippen LogP contribution in [0.4, 0.5) is 11.5 Å². The topological polar surface area (TPSA) is 97.1 Å². The predicted molar refractivity (Wildman–Crippen MR) is 102 cm³/mol. The number of hydrogen-bond donors (Lipinski definition) is 2. The van der Waals surface area contributed by atoms with Crippen molar-refractivity contribution in [2.45, 2.75) is 26.7 Å². The number of aromatic nitrogens is 2. The van der Waals surface area contributed by atoms with Crippen LogP contribution in [0.3, 0.4) is 0 Å². The van der Waals surface area contributed by atoms with E-state index in [-0.39, 0.29) is 11.8 Å². The highest BCUT2D eigenvalue weighted by Crippen LogP contribution is 2.24. The summed E-state index contributed by atoms with van der Waals surface area (Å²) < 4.78 is 5.14. The highest BCUT2D eigenvalue weighted by molar-refractivity contribution is 6.05. The Morgan fingerprint density at radius 2 is 1.89 bits per heavy atom. The third kappa shape index (κ3) is 4.20. The molecule has 2 N–H and O–H groups in total. The van der Waals surface area contributed by atoms with Crippen molar-refractivity contribution in [3.05, 3.63) is 71.2 Å². The van der Waals surface area contributed by atoms with Crippen LogP contribution in [-0.4, -0.2) is 22.0 Å². The average Bonchev–Trinajstić information content (AvgIpc) is 3.00. The molecule has 0 aliphatic carbocycles. The SMILES string of the molecule is Cc1noc(C)c1[C@H](C)C(=O)Nc1cccc(C(=O)Nc2ccccn2)c1. The fraction of sp³-hybridized carbons (Fsp3) is 0.200. The molecule has 0 saturated heterocycles. The molecule has 2 aromatic heterocycles. The van der Waals surface area contributed by atoms with Crippen LogP contribution < -0.4 is 10.6 Å². The molecule has 7 heteroatoms. The molecule has 0 bridgehead atoms. The van der Waals surface area contributed by atoms with E-state index in [2.05, 4.69) is 20.8 Å². The number of hydrogen-bond acceptors (Lipinski definition) is 5. The molecule has 0 unspecified atom stereocenters. The third-order valence-electron chi connectivity index (χ3n) is 4.21. The van der Waals surface area contributed by atoms with Gasteiger partial charge in [0, 0.05) is 23.0 Å². The van der Waals surface area contributed by atoms with Crippen molar-refractivity contribution in [3.63, 3.8) is 0 Å². The zero-order chi connectivity index (χ0) is 19.4. The van der Waals surface area contributed by atoms with Crippen LogP contribution in [0.2, 0.25) is 0 Å². The Bertz CT molecular complexity index is 947. The largest absolute Gasteiger partial charge is 0.361 e. The minimum atomic E-state index is -0.428. The third-order valence-corrected chi connectivity index (χ3v) is 4.21. The van der Waals surface area contributed by atoms with E-state index in [1.807, 2.05) is 0 Å². The first-order valence-electron chi connectivity index (χ1n) is 8.52. The summed E-state index contributed by atoms with van der Waals surface area (Å²) >= 11 is 0. The van der Waals surface area contributed by atoms with Gasteiger partial charge in [-0.15, -0.1) is 0 Å². The molecular formula is C20H20N4O3. The zero-order valence-electron chi connectivity index (χ0n) is 15.3. The molecule has 7 nitrogen and oxygen atoms in total. The Labute approximate surface area is 156 Å². The van der Waals surface area contributed by atoms with Gasteiger partial charge in [-0.2, -0.15) is 0 Å². The maximum absolute atomic E-state index is 12.6. The normalized spacial score (nSPS) is 11.7. The fourth-order valence-electron chi connectivity index (χ4n) is 2.85. The molecule has 2 amide bonds. The highest BCUT2D eigenvalue weighted by Gasteiger charge is 2.23. The minimum Gasteiger partial charge on any atom is -0.361 e. The summed E-state index contributed by atoms with van der Waals surface area (Å²) in [6, 6.07) is 12.0. The number of nitrogens with one attached hydrogen (secondary N) is 2.